The van der Waals surface area contributed by atoms with Gasteiger partial charge in [0, 0.05) is 17.3 Å². The fourth-order valence-corrected chi connectivity index (χ4v) is 2.68. The molecular weight excluding hydrogens is 364 g/mol. The molecule has 6 heteroatoms. The number of hydrogen-bond donors (Lipinski definition) is 2. The van der Waals surface area contributed by atoms with Crippen molar-refractivity contribution < 1.29 is 9.53 Å². The molecule has 0 bridgehead atoms. The zero-order valence-corrected chi connectivity index (χ0v) is 17.2. The van der Waals surface area contributed by atoms with Gasteiger partial charge >= 0.3 is 0 Å². The summed E-state index contributed by atoms with van der Waals surface area (Å²) in [5.41, 5.74) is 1.96. The summed E-state index contributed by atoms with van der Waals surface area (Å²) in [5.74, 6) is 1.64. The summed E-state index contributed by atoms with van der Waals surface area (Å²) in [6.07, 6.45) is 0. The first-order chi connectivity index (χ1) is 13.8. The lowest BCUT2D eigenvalue weighted by atomic mass is 10.1. The minimum Gasteiger partial charge on any atom is -0.489 e. The van der Waals surface area contributed by atoms with E-state index in [0.29, 0.717) is 23.9 Å². The third-order valence-corrected chi connectivity index (χ3v) is 3.93. The van der Waals surface area contributed by atoms with Crippen molar-refractivity contribution in [3.8, 4) is 5.75 Å². The third-order valence-electron chi connectivity index (χ3n) is 3.93. The van der Waals surface area contributed by atoms with Crippen molar-refractivity contribution in [2.75, 3.05) is 5.32 Å². The van der Waals surface area contributed by atoms with Crippen molar-refractivity contribution in [3.63, 3.8) is 0 Å². The van der Waals surface area contributed by atoms with E-state index < -0.39 is 0 Å². The number of nitrogens with one attached hydrogen (secondary N) is 2. The molecule has 0 spiro atoms. The lowest BCUT2D eigenvalue weighted by Gasteiger charge is -2.20. The van der Waals surface area contributed by atoms with Gasteiger partial charge in [-0.05, 0) is 57.5 Å². The Hall–Kier alpha value is -3.41. The normalized spacial score (nSPS) is 11.0. The number of hydrogen-bond acceptors (Lipinski definition) is 5. The Bertz CT molecular complexity index is 964. The van der Waals surface area contributed by atoms with Crippen LogP contribution in [0.1, 0.15) is 42.6 Å². The predicted molar refractivity (Wildman–Crippen MR) is 114 cm³/mol. The number of aryl methyl sites for hydroxylation is 1. The summed E-state index contributed by atoms with van der Waals surface area (Å²) in [6, 6.07) is 19.3. The minimum atomic E-state index is -0.334. The maximum atomic E-state index is 12.4. The summed E-state index contributed by atoms with van der Waals surface area (Å²) in [6.45, 7) is 8.07. The van der Waals surface area contributed by atoms with E-state index >= 15 is 0 Å². The average molecular weight is 390 g/mol. The van der Waals surface area contributed by atoms with Gasteiger partial charge in [-0.3, -0.25) is 4.79 Å². The van der Waals surface area contributed by atoms with Crippen LogP contribution < -0.4 is 15.4 Å². The van der Waals surface area contributed by atoms with Gasteiger partial charge in [-0.2, -0.15) is 0 Å². The second kappa shape index (κ2) is 8.73. The summed E-state index contributed by atoms with van der Waals surface area (Å²) in [4.78, 5) is 21.0. The molecule has 2 N–H and O–H groups in total. The first-order valence-electron chi connectivity index (χ1n) is 9.50. The fourth-order valence-electron chi connectivity index (χ4n) is 2.68. The molecule has 0 aliphatic carbocycles. The zero-order valence-electron chi connectivity index (χ0n) is 17.2. The summed E-state index contributed by atoms with van der Waals surface area (Å²) < 4.78 is 5.81. The van der Waals surface area contributed by atoms with E-state index in [-0.39, 0.29) is 11.4 Å². The minimum absolute atomic E-state index is 0.226. The Kier molecular flexibility index (Phi) is 6.12. The highest BCUT2D eigenvalue weighted by atomic mass is 16.5. The van der Waals surface area contributed by atoms with E-state index in [9.17, 15) is 4.79 Å². The molecule has 2 aromatic carbocycles. The number of carbonyl (C=O) groups excluding carboxylic acids is 1. The highest BCUT2D eigenvalue weighted by molar-refractivity contribution is 5.93. The number of rotatable bonds is 6. The molecule has 3 aromatic rings. The first kappa shape index (κ1) is 20.3. The van der Waals surface area contributed by atoms with Gasteiger partial charge in [-0.15, -0.1) is 0 Å². The SMILES string of the molecule is Cc1nc(Nc2ccc(OCc3ccccc3)cc2)cc(C(=O)NC(C)(C)C)n1. The number of nitrogens with zero attached hydrogens (tertiary/aromatic N) is 2. The molecule has 0 radical (unpaired) electrons. The molecule has 150 valence electrons. The second-order valence-electron chi connectivity index (χ2n) is 7.81. The number of amides is 1. The standard InChI is InChI=1S/C23H26N4O2/c1-16-24-20(22(28)27-23(2,3)4)14-21(25-16)26-18-10-12-19(13-11-18)29-15-17-8-6-5-7-9-17/h5-14H,15H2,1-4H3,(H,27,28)(H,24,25,26). The van der Waals surface area contributed by atoms with Crippen molar-refractivity contribution in [2.24, 2.45) is 0 Å². The van der Waals surface area contributed by atoms with Gasteiger partial charge in [-0.1, -0.05) is 30.3 Å². The third kappa shape index (κ3) is 6.31. The number of aromatic nitrogens is 2. The molecule has 0 fully saturated rings. The molecule has 0 aliphatic heterocycles. The van der Waals surface area contributed by atoms with Crippen molar-refractivity contribution in [1.82, 2.24) is 15.3 Å². The van der Waals surface area contributed by atoms with Crippen LogP contribution in [0.2, 0.25) is 0 Å². The topological polar surface area (TPSA) is 76.1 Å². The molecule has 0 saturated carbocycles. The Balaban J connectivity index is 1.66. The molecule has 1 aromatic heterocycles. The summed E-state index contributed by atoms with van der Waals surface area (Å²) in [7, 11) is 0. The van der Waals surface area contributed by atoms with Crippen LogP contribution in [0.5, 0.6) is 5.75 Å². The number of anilines is 2. The Morgan fingerprint density at radius 2 is 1.69 bits per heavy atom. The van der Waals surface area contributed by atoms with Crippen molar-refractivity contribution in [3.05, 3.63) is 77.7 Å². The van der Waals surface area contributed by atoms with E-state index in [2.05, 4.69) is 20.6 Å². The summed E-state index contributed by atoms with van der Waals surface area (Å²) in [5, 5.41) is 6.13. The van der Waals surface area contributed by atoms with Gasteiger partial charge in [-0.25, -0.2) is 9.97 Å². The van der Waals surface area contributed by atoms with Gasteiger partial charge in [0.05, 0.1) is 0 Å². The Morgan fingerprint density at radius 1 is 1.00 bits per heavy atom. The molecule has 29 heavy (non-hydrogen) atoms. The second-order valence-corrected chi connectivity index (χ2v) is 7.81. The predicted octanol–water partition coefficient (Wildman–Crippen LogP) is 4.64. The number of carbonyl (C=O) groups is 1. The quantitative estimate of drug-likeness (QED) is 0.641. The van der Waals surface area contributed by atoms with Crippen LogP contribution in [0.4, 0.5) is 11.5 Å². The van der Waals surface area contributed by atoms with Crippen LogP contribution in [-0.2, 0) is 6.61 Å². The van der Waals surface area contributed by atoms with Crippen LogP contribution in [0, 0.1) is 6.92 Å². The largest absolute Gasteiger partial charge is 0.489 e. The van der Waals surface area contributed by atoms with Gasteiger partial charge in [0.1, 0.15) is 29.7 Å². The first-order valence-corrected chi connectivity index (χ1v) is 9.50. The van der Waals surface area contributed by atoms with Crippen molar-refractivity contribution in [1.29, 1.82) is 0 Å². The molecule has 0 unspecified atom stereocenters. The van der Waals surface area contributed by atoms with Crippen LogP contribution in [0.25, 0.3) is 0 Å². The van der Waals surface area contributed by atoms with Crippen LogP contribution in [0.3, 0.4) is 0 Å². The molecule has 6 nitrogen and oxygen atoms in total. The number of benzene rings is 2. The highest BCUT2D eigenvalue weighted by Crippen LogP contribution is 2.20. The van der Waals surface area contributed by atoms with E-state index in [1.165, 1.54) is 0 Å². The average Bonchev–Trinajstić information content (AvgIpc) is 2.66. The van der Waals surface area contributed by atoms with Crippen LogP contribution >= 0.6 is 0 Å². The molecule has 1 amide bonds. The zero-order chi connectivity index (χ0) is 20.9. The van der Waals surface area contributed by atoms with Gasteiger partial charge in [0.2, 0.25) is 0 Å². The van der Waals surface area contributed by atoms with E-state index in [0.717, 1.165) is 17.0 Å². The Morgan fingerprint density at radius 3 is 2.34 bits per heavy atom. The van der Waals surface area contributed by atoms with Crippen molar-refractivity contribution in [2.45, 2.75) is 39.8 Å². The van der Waals surface area contributed by atoms with Crippen molar-refractivity contribution >= 4 is 17.4 Å². The molecular formula is C23H26N4O2. The van der Waals surface area contributed by atoms with E-state index in [1.807, 2.05) is 75.4 Å². The fraction of sp³-hybridized carbons (Fsp3) is 0.261. The Labute approximate surface area is 171 Å². The maximum Gasteiger partial charge on any atom is 0.270 e. The van der Waals surface area contributed by atoms with Crippen LogP contribution in [0.15, 0.2) is 60.7 Å². The highest BCUT2D eigenvalue weighted by Gasteiger charge is 2.17. The molecule has 0 saturated heterocycles. The maximum absolute atomic E-state index is 12.4. The smallest absolute Gasteiger partial charge is 0.270 e. The lowest BCUT2D eigenvalue weighted by molar-refractivity contribution is 0.0914. The van der Waals surface area contributed by atoms with Gasteiger partial charge in [0.15, 0.2) is 0 Å². The molecule has 0 aliphatic rings. The van der Waals surface area contributed by atoms with Crippen LogP contribution in [-0.4, -0.2) is 21.4 Å². The number of ether oxygens (including phenoxy) is 1. The summed E-state index contributed by atoms with van der Waals surface area (Å²) >= 11 is 0. The lowest BCUT2D eigenvalue weighted by Crippen LogP contribution is -2.41. The van der Waals surface area contributed by atoms with Gasteiger partial charge in [0.25, 0.3) is 5.91 Å². The monoisotopic (exact) mass is 390 g/mol. The van der Waals surface area contributed by atoms with E-state index in [1.54, 1.807) is 13.0 Å². The molecule has 3 rings (SSSR count). The molecule has 1 heterocycles. The van der Waals surface area contributed by atoms with E-state index in [4.69, 9.17) is 4.74 Å². The van der Waals surface area contributed by atoms with Gasteiger partial charge < -0.3 is 15.4 Å². The molecule has 0 atom stereocenters.